The first-order valence-corrected chi connectivity index (χ1v) is 7.84. The fourth-order valence-electron chi connectivity index (χ4n) is 2.88. The zero-order chi connectivity index (χ0) is 15.0. The van der Waals surface area contributed by atoms with Crippen molar-refractivity contribution in [2.75, 3.05) is 53.0 Å². The fraction of sp³-hybridized carbons (Fsp3) is 0.933. The van der Waals surface area contributed by atoms with Crippen LogP contribution < -0.4 is 5.73 Å². The normalized spacial score (nSPS) is 17.2. The minimum absolute atomic E-state index is 0. The number of nitrogens with two attached hydrogens (primary N) is 1. The lowest BCUT2D eigenvalue weighted by atomic mass is 9.81. The molecule has 0 saturated carbocycles. The van der Waals surface area contributed by atoms with E-state index in [4.69, 9.17) is 10.5 Å². The lowest BCUT2D eigenvalue weighted by Crippen LogP contribution is -2.48. The standard InChI is InChI=1S/C15H31N3O2.ClH/c1-4-15(5-2,13-16)14(19)18-8-6-7-17(9-10-18)11-12-20-3;/h4-13,16H2,1-3H3;1H. The molecule has 1 aliphatic heterocycles. The average Bonchev–Trinajstić information content (AvgIpc) is 2.73. The lowest BCUT2D eigenvalue weighted by molar-refractivity contribution is -0.142. The molecule has 6 heteroatoms. The first kappa shape index (κ1) is 20.6. The van der Waals surface area contributed by atoms with Gasteiger partial charge >= 0.3 is 0 Å². The molecule has 5 nitrogen and oxygen atoms in total. The van der Waals surface area contributed by atoms with E-state index >= 15 is 0 Å². The van der Waals surface area contributed by atoms with E-state index in [2.05, 4.69) is 18.7 Å². The first-order chi connectivity index (χ1) is 9.63. The maximum absolute atomic E-state index is 12.8. The van der Waals surface area contributed by atoms with Crippen LogP contribution >= 0.6 is 12.4 Å². The molecule has 1 aliphatic rings. The summed E-state index contributed by atoms with van der Waals surface area (Å²) in [6, 6.07) is 0. The van der Waals surface area contributed by atoms with E-state index in [1.807, 2.05) is 4.90 Å². The van der Waals surface area contributed by atoms with Crippen LogP contribution in [-0.2, 0) is 9.53 Å². The average molecular weight is 322 g/mol. The van der Waals surface area contributed by atoms with Crippen molar-refractivity contribution in [2.24, 2.45) is 11.1 Å². The predicted octanol–water partition coefficient (Wildman–Crippen LogP) is 1.35. The number of carbonyl (C=O) groups is 1. The van der Waals surface area contributed by atoms with Crippen LogP contribution in [-0.4, -0.2) is 68.7 Å². The van der Waals surface area contributed by atoms with Crippen LogP contribution in [0.15, 0.2) is 0 Å². The summed E-state index contributed by atoms with van der Waals surface area (Å²) >= 11 is 0. The third kappa shape index (κ3) is 5.40. The van der Waals surface area contributed by atoms with Crippen molar-refractivity contribution >= 4 is 18.3 Å². The second-order valence-electron chi connectivity index (χ2n) is 5.67. The van der Waals surface area contributed by atoms with Crippen LogP contribution in [0.25, 0.3) is 0 Å². The van der Waals surface area contributed by atoms with Gasteiger partial charge in [-0.05, 0) is 25.8 Å². The maximum atomic E-state index is 12.8. The Morgan fingerprint density at radius 2 is 1.86 bits per heavy atom. The van der Waals surface area contributed by atoms with Gasteiger partial charge in [0.05, 0.1) is 12.0 Å². The fourth-order valence-corrected chi connectivity index (χ4v) is 2.88. The van der Waals surface area contributed by atoms with Gasteiger partial charge in [0.2, 0.25) is 5.91 Å². The number of hydrogen-bond acceptors (Lipinski definition) is 4. The van der Waals surface area contributed by atoms with Crippen LogP contribution in [0.3, 0.4) is 0 Å². The van der Waals surface area contributed by atoms with Gasteiger partial charge in [0.1, 0.15) is 0 Å². The Bertz CT molecular complexity index is 290. The van der Waals surface area contributed by atoms with E-state index in [-0.39, 0.29) is 23.7 Å². The molecule has 0 atom stereocenters. The summed E-state index contributed by atoms with van der Waals surface area (Å²) in [6.07, 6.45) is 2.68. The van der Waals surface area contributed by atoms with Gasteiger partial charge in [0.25, 0.3) is 0 Å². The van der Waals surface area contributed by atoms with E-state index in [0.717, 1.165) is 58.6 Å². The first-order valence-electron chi connectivity index (χ1n) is 7.84. The molecule has 1 saturated heterocycles. The number of rotatable bonds is 7. The van der Waals surface area contributed by atoms with Crippen molar-refractivity contribution in [1.82, 2.24) is 9.80 Å². The second kappa shape index (κ2) is 10.4. The Morgan fingerprint density at radius 1 is 1.19 bits per heavy atom. The number of ether oxygens (including phenoxy) is 1. The van der Waals surface area contributed by atoms with Crippen molar-refractivity contribution in [3.63, 3.8) is 0 Å². The van der Waals surface area contributed by atoms with Crippen LogP contribution in [0.4, 0.5) is 0 Å². The number of methoxy groups -OCH3 is 1. The Labute approximate surface area is 135 Å². The van der Waals surface area contributed by atoms with E-state index in [1.54, 1.807) is 7.11 Å². The summed E-state index contributed by atoms with van der Waals surface area (Å²) in [5, 5.41) is 0. The van der Waals surface area contributed by atoms with Crippen molar-refractivity contribution in [2.45, 2.75) is 33.1 Å². The molecule has 1 amide bonds. The SMILES string of the molecule is CCC(CC)(CN)C(=O)N1CCCN(CCOC)CC1.Cl. The molecule has 21 heavy (non-hydrogen) atoms. The predicted molar refractivity (Wildman–Crippen MR) is 88.8 cm³/mol. The summed E-state index contributed by atoms with van der Waals surface area (Å²) in [5.41, 5.74) is 5.53. The van der Waals surface area contributed by atoms with Crippen molar-refractivity contribution in [3.05, 3.63) is 0 Å². The number of carbonyl (C=O) groups excluding carboxylic acids is 1. The number of hydrogen-bond donors (Lipinski definition) is 1. The van der Waals surface area contributed by atoms with Crippen molar-refractivity contribution in [3.8, 4) is 0 Å². The van der Waals surface area contributed by atoms with E-state index in [1.165, 1.54) is 0 Å². The van der Waals surface area contributed by atoms with Gasteiger partial charge in [-0.25, -0.2) is 0 Å². The molecule has 1 heterocycles. The van der Waals surface area contributed by atoms with E-state index in [9.17, 15) is 4.79 Å². The molecule has 126 valence electrons. The van der Waals surface area contributed by atoms with Gasteiger partial charge in [-0.2, -0.15) is 0 Å². The highest BCUT2D eigenvalue weighted by Gasteiger charge is 2.37. The molecule has 1 rings (SSSR count). The molecular formula is C15H32ClN3O2. The molecular weight excluding hydrogens is 290 g/mol. The minimum Gasteiger partial charge on any atom is -0.383 e. The maximum Gasteiger partial charge on any atom is 0.230 e. The highest BCUT2D eigenvalue weighted by atomic mass is 35.5. The van der Waals surface area contributed by atoms with Crippen LogP contribution in [0.1, 0.15) is 33.1 Å². The van der Waals surface area contributed by atoms with Crippen molar-refractivity contribution < 1.29 is 9.53 Å². The molecule has 0 radical (unpaired) electrons. The monoisotopic (exact) mass is 321 g/mol. The largest absolute Gasteiger partial charge is 0.383 e. The van der Waals surface area contributed by atoms with Gasteiger partial charge < -0.3 is 15.4 Å². The van der Waals surface area contributed by atoms with Gasteiger partial charge in [-0.15, -0.1) is 12.4 Å². The molecule has 0 aromatic heterocycles. The van der Waals surface area contributed by atoms with E-state index < -0.39 is 0 Å². The molecule has 2 N–H and O–H groups in total. The highest BCUT2D eigenvalue weighted by Crippen LogP contribution is 2.28. The Kier molecular flexibility index (Phi) is 10.2. The third-order valence-corrected chi connectivity index (χ3v) is 4.69. The molecule has 1 fully saturated rings. The molecule has 0 bridgehead atoms. The van der Waals surface area contributed by atoms with Crippen LogP contribution in [0.5, 0.6) is 0 Å². The van der Waals surface area contributed by atoms with Crippen LogP contribution in [0, 0.1) is 5.41 Å². The molecule has 0 unspecified atom stereocenters. The zero-order valence-electron chi connectivity index (χ0n) is 13.8. The van der Waals surface area contributed by atoms with Gasteiger partial charge in [0.15, 0.2) is 0 Å². The molecule has 0 aromatic carbocycles. The molecule has 0 aliphatic carbocycles. The molecule has 0 aromatic rings. The summed E-state index contributed by atoms with van der Waals surface area (Å²) in [7, 11) is 1.73. The number of nitrogens with zero attached hydrogens (tertiary/aromatic N) is 2. The Hall–Kier alpha value is -0.360. The smallest absolute Gasteiger partial charge is 0.230 e. The Balaban J connectivity index is 0.00000400. The van der Waals surface area contributed by atoms with Gasteiger partial charge in [0, 0.05) is 39.8 Å². The number of halogens is 1. The summed E-state index contributed by atoms with van der Waals surface area (Å²) in [6.45, 7) is 9.92. The third-order valence-electron chi connectivity index (χ3n) is 4.69. The van der Waals surface area contributed by atoms with Gasteiger partial charge in [-0.1, -0.05) is 13.8 Å². The second-order valence-corrected chi connectivity index (χ2v) is 5.67. The van der Waals surface area contributed by atoms with E-state index in [0.29, 0.717) is 6.54 Å². The molecule has 0 spiro atoms. The summed E-state index contributed by atoms with van der Waals surface area (Å²) < 4.78 is 5.13. The van der Waals surface area contributed by atoms with Crippen LogP contribution in [0.2, 0.25) is 0 Å². The topological polar surface area (TPSA) is 58.8 Å². The summed E-state index contributed by atoms with van der Waals surface area (Å²) in [5.74, 6) is 0.249. The lowest BCUT2D eigenvalue weighted by Gasteiger charge is -2.34. The minimum atomic E-state index is -0.359. The Morgan fingerprint density at radius 3 is 2.38 bits per heavy atom. The summed E-state index contributed by atoms with van der Waals surface area (Å²) in [4.78, 5) is 17.2. The highest BCUT2D eigenvalue weighted by molar-refractivity contribution is 5.85. The quantitative estimate of drug-likeness (QED) is 0.769. The zero-order valence-corrected chi connectivity index (χ0v) is 14.6. The van der Waals surface area contributed by atoms with Crippen molar-refractivity contribution in [1.29, 1.82) is 0 Å². The van der Waals surface area contributed by atoms with Gasteiger partial charge in [-0.3, -0.25) is 9.69 Å². The number of amides is 1.